The zero-order chi connectivity index (χ0) is 11.5. The number of nitrogens with one attached hydrogen (secondary N) is 2. The highest BCUT2D eigenvalue weighted by Crippen LogP contribution is 2.27. The van der Waals surface area contributed by atoms with E-state index in [4.69, 9.17) is 0 Å². The van der Waals surface area contributed by atoms with Crippen LogP contribution in [-0.2, 0) is 4.79 Å². The largest absolute Gasteiger partial charge is 0.352 e. The number of carbonyl (C=O) groups is 1. The summed E-state index contributed by atoms with van der Waals surface area (Å²) in [4.78, 5) is 11.5. The minimum absolute atomic E-state index is 0.109. The van der Waals surface area contributed by atoms with Crippen molar-refractivity contribution < 1.29 is 4.79 Å². The van der Waals surface area contributed by atoms with E-state index in [0.717, 1.165) is 12.5 Å². The van der Waals surface area contributed by atoms with Gasteiger partial charge in [-0.1, -0.05) is 20.8 Å². The fourth-order valence-corrected chi connectivity index (χ4v) is 1.22. The molecule has 1 fully saturated rings. The first-order valence-corrected chi connectivity index (χ1v) is 5.89. The predicted molar refractivity (Wildman–Crippen MR) is 62.7 cm³/mol. The Morgan fingerprint density at radius 3 is 2.47 bits per heavy atom. The number of rotatable bonds is 5. The number of carbonyl (C=O) groups excluding carboxylic acids is 1. The van der Waals surface area contributed by atoms with Gasteiger partial charge >= 0.3 is 0 Å². The number of hydrogen-bond acceptors (Lipinski definition) is 2. The van der Waals surface area contributed by atoms with Gasteiger partial charge in [0.15, 0.2) is 0 Å². The van der Waals surface area contributed by atoms with Crippen molar-refractivity contribution in [2.45, 2.75) is 46.6 Å². The van der Waals surface area contributed by atoms with E-state index in [9.17, 15) is 4.79 Å². The first-order valence-electron chi connectivity index (χ1n) is 5.89. The normalized spacial score (nSPS) is 18.7. The maximum Gasteiger partial charge on any atom is 0.234 e. The molecular weight excluding hydrogens is 188 g/mol. The topological polar surface area (TPSA) is 41.1 Å². The van der Waals surface area contributed by atoms with Crippen molar-refractivity contribution in [1.82, 2.24) is 10.6 Å². The van der Waals surface area contributed by atoms with Crippen LogP contribution in [0.3, 0.4) is 0 Å². The third kappa shape index (κ3) is 5.17. The smallest absolute Gasteiger partial charge is 0.234 e. The fraction of sp³-hybridized carbons (Fsp3) is 0.917. The Balaban J connectivity index is 2.11. The monoisotopic (exact) mass is 212 g/mol. The Kier molecular flexibility index (Phi) is 4.14. The van der Waals surface area contributed by atoms with E-state index < -0.39 is 0 Å². The van der Waals surface area contributed by atoms with Gasteiger partial charge in [0.1, 0.15) is 0 Å². The zero-order valence-electron chi connectivity index (χ0n) is 10.4. The molecule has 0 saturated heterocycles. The summed E-state index contributed by atoms with van der Waals surface area (Å²) in [5, 5.41) is 6.20. The molecule has 0 aliphatic heterocycles. The molecule has 0 heterocycles. The average molecular weight is 212 g/mol. The molecule has 0 aromatic rings. The van der Waals surface area contributed by atoms with Crippen molar-refractivity contribution in [3.8, 4) is 0 Å². The average Bonchev–Trinajstić information content (AvgIpc) is 2.86. The van der Waals surface area contributed by atoms with Gasteiger partial charge in [0.2, 0.25) is 5.91 Å². The summed E-state index contributed by atoms with van der Waals surface area (Å²) in [5.74, 6) is 0.941. The molecule has 1 amide bonds. The molecule has 0 spiro atoms. The van der Waals surface area contributed by atoms with Gasteiger partial charge in [-0.3, -0.25) is 4.79 Å². The van der Waals surface area contributed by atoms with Crippen LogP contribution in [-0.4, -0.2) is 25.0 Å². The van der Waals surface area contributed by atoms with E-state index in [2.05, 4.69) is 38.3 Å². The molecule has 0 bridgehead atoms. The van der Waals surface area contributed by atoms with Crippen LogP contribution in [0.1, 0.15) is 40.5 Å². The van der Waals surface area contributed by atoms with Crippen molar-refractivity contribution in [3.63, 3.8) is 0 Å². The summed E-state index contributed by atoms with van der Waals surface area (Å²) >= 11 is 0. The van der Waals surface area contributed by atoms with E-state index in [0.29, 0.717) is 6.54 Å². The molecule has 15 heavy (non-hydrogen) atoms. The minimum atomic E-state index is 0.109. The van der Waals surface area contributed by atoms with E-state index in [-0.39, 0.29) is 17.4 Å². The molecule has 1 aliphatic carbocycles. The maximum atomic E-state index is 11.5. The van der Waals surface area contributed by atoms with Gasteiger partial charge in [0.05, 0.1) is 6.54 Å². The lowest BCUT2D eigenvalue weighted by Crippen LogP contribution is -2.45. The highest BCUT2D eigenvalue weighted by molar-refractivity contribution is 5.78. The minimum Gasteiger partial charge on any atom is -0.352 e. The summed E-state index contributed by atoms with van der Waals surface area (Å²) in [6.45, 7) is 9.91. The molecule has 0 radical (unpaired) electrons. The van der Waals surface area contributed by atoms with Gasteiger partial charge in [-0.05, 0) is 37.6 Å². The van der Waals surface area contributed by atoms with E-state index in [1.165, 1.54) is 12.8 Å². The van der Waals surface area contributed by atoms with Gasteiger partial charge in [-0.25, -0.2) is 0 Å². The Morgan fingerprint density at radius 1 is 1.40 bits per heavy atom. The molecule has 0 aromatic heterocycles. The lowest BCUT2D eigenvalue weighted by Gasteiger charge is -2.28. The van der Waals surface area contributed by atoms with Crippen molar-refractivity contribution in [2.24, 2.45) is 11.3 Å². The van der Waals surface area contributed by atoms with Gasteiger partial charge in [0.25, 0.3) is 0 Å². The Morgan fingerprint density at radius 2 is 2.00 bits per heavy atom. The molecular formula is C12H24N2O. The van der Waals surface area contributed by atoms with Crippen LogP contribution in [0, 0.1) is 11.3 Å². The molecule has 1 aliphatic rings. The van der Waals surface area contributed by atoms with E-state index in [1.54, 1.807) is 0 Å². The van der Waals surface area contributed by atoms with Gasteiger partial charge in [0, 0.05) is 6.04 Å². The summed E-state index contributed by atoms with van der Waals surface area (Å²) in [6.07, 6.45) is 2.65. The molecule has 1 rings (SSSR count). The second kappa shape index (κ2) is 4.97. The van der Waals surface area contributed by atoms with E-state index in [1.807, 2.05) is 0 Å². The fourth-order valence-electron chi connectivity index (χ4n) is 1.22. The molecule has 3 heteroatoms. The van der Waals surface area contributed by atoms with Crippen LogP contribution >= 0.6 is 0 Å². The van der Waals surface area contributed by atoms with E-state index >= 15 is 0 Å². The predicted octanol–water partition coefficient (Wildman–Crippen LogP) is 1.54. The van der Waals surface area contributed by atoms with Gasteiger partial charge in [-0.2, -0.15) is 0 Å². The molecule has 2 N–H and O–H groups in total. The highest BCUT2D eigenvalue weighted by atomic mass is 16.1. The van der Waals surface area contributed by atoms with Crippen LogP contribution in [0.4, 0.5) is 0 Å². The Labute approximate surface area is 93.0 Å². The molecule has 88 valence electrons. The molecule has 0 aromatic carbocycles. The Bertz CT molecular complexity index is 216. The van der Waals surface area contributed by atoms with Crippen LogP contribution in [0.15, 0.2) is 0 Å². The highest BCUT2D eigenvalue weighted by Gasteiger charge is 2.23. The first-order chi connectivity index (χ1) is 6.89. The second-order valence-electron chi connectivity index (χ2n) is 5.73. The lowest BCUT2D eigenvalue weighted by atomic mass is 9.88. The maximum absolute atomic E-state index is 11.5. The van der Waals surface area contributed by atoms with Gasteiger partial charge < -0.3 is 10.6 Å². The summed E-state index contributed by atoms with van der Waals surface area (Å²) < 4.78 is 0. The van der Waals surface area contributed by atoms with Crippen LogP contribution in [0.25, 0.3) is 0 Å². The molecule has 1 unspecified atom stereocenters. The Hall–Kier alpha value is -0.570. The summed E-state index contributed by atoms with van der Waals surface area (Å²) in [6, 6.07) is 0.215. The van der Waals surface area contributed by atoms with Gasteiger partial charge in [-0.15, -0.1) is 0 Å². The molecule has 1 atom stereocenters. The number of amides is 1. The summed E-state index contributed by atoms with van der Waals surface area (Å²) in [7, 11) is 0. The summed E-state index contributed by atoms with van der Waals surface area (Å²) in [5.41, 5.74) is 0.131. The van der Waals surface area contributed by atoms with Crippen LogP contribution in [0.5, 0.6) is 0 Å². The second-order valence-corrected chi connectivity index (χ2v) is 5.73. The van der Waals surface area contributed by atoms with Crippen LogP contribution < -0.4 is 10.6 Å². The van der Waals surface area contributed by atoms with Crippen LogP contribution in [0.2, 0.25) is 0 Å². The standard InChI is InChI=1S/C12H24N2O/c1-9(12(2,3)4)14-11(15)8-13-7-10-5-6-10/h9-10,13H,5-8H2,1-4H3,(H,14,15). The number of hydrogen-bond donors (Lipinski definition) is 2. The quantitative estimate of drug-likeness (QED) is 0.726. The third-order valence-electron chi connectivity index (χ3n) is 3.09. The first kappa shape index (κ1) is 12.5. The SMILES string of the molecule is CC(NC(=O)CNCC1CC1)C(C)(C)C. The van der Waals surface area contributed by atoms with Crippen molar-refractivity contribution in [3.05, 3.63) is 0 Å². The van der Waals surface area contributed by atoms with Crippen molar-refractivity contribution >= 4 is 5.91 Å². The third-order valence-corrected chi connectivity index (χ3v) is 3.09. The zero-order valence-corrected chi connectivity index (χ0v) is 10.4. The van der Waals surface area contributed by atoms with Crippen molar-refractivity contribution in [1.29, 1.82) is 0 Å². The lowest BCUT2D eigenvalue weighted by molar-refractivity contribution is -0.121. The molecule has 1 saturated carbocycles. The van der Waals surface area contributed by atoms with Crippen molar-refractivity contribution in [2.75, 3.05) is 13.1 Å². The molecule has 3 nitrogen and oxygen atoms in total.